The molecule has 1 amide bonds. The first-order valence-corrected chi connectivity index (χ1v) is 9.31. The maximum Gasteiger partial charge on any atom is 0.338 e. The van der Waals surface area contributed by atoms with Crippen molar-refractivity contribution in [2.45, 2.75) is 12.6 Å². The highest BCUT2D eigenvalue weighted by atomic mass is 16.5. The zero-order chi connectivity index (χ0) is 20.5. The minimum Gasteiger partial charge on any atom is -0.452 e. The molecule has 0 saturated carbocycles. The van der Waals surface area contributed by atoms with Gasteiger partial charge in [0.1, 0.15) is 0 Å². The summed E-state index contributed by atoms with van der Waals surface area (Å²) in [6.07, 6.45) is 0. The van der Waals surface area contributed by atoms with Gasteiger partial charge in [-0.05, 0) is 28.8 Å². The van der Waals surface area contributed by atoms with E-state index in [1.165, 1.54) is 0 Å². The molecular formula is C24H23NO4. The lowest BCUT2D eigenvalue weighted by Crippen LogP contribution is -2.33. The van der Waals surface area contributed by atoms with Crippen molar-refractivity contribution < 1.29 is 19.1 Å². The topological polar surface area (TPSA) is 64.6 Å². The molecule has 0 saturated heterocycles. The Balaban J connectivity index is 1.65. The van der Waals surface area contributed by atoms with Crippen LogP contribution in [0.5, 0.6) is 0 Å². The van der Waals surface area contributed by atoms with Gasteiger partial charge in [-0.3, -0.25) is 4.79 Å². The van der Waals surface area contributed by atoms with Crippen molar-refractivity contribution in [2.24, 2.45) is 0 Å². The molecule has 3 aromatic carbocycles. The van der Waals surface area contributed by atoms with Gasteiger partial charge in [-0.1, -0.05) is 72.8 Å². The zero-order valence-electron chi connectivity index (χ0n) is 16.2. The van der Waals surface area contributed by atoms with Gasteiger partial charge < -0.3 is 14.8 Å². The molecule has 0 aliphatic heterocycles. The molecular weight excluding hydrogens is 366 g/mol. The van der Waals surface area contributed by atoms with Gasteiger partial charge >= 0.3 is 5.97 Å². The van der Waals surface area contributed by atoms with Crippen molar-refractivity contribution >= 4 is 11.9 Å². The Bertz CT molecular complexity index is 902. The van der Waals surface area contributed by atoms with Crippen molar-refractivity contribution in [3.05, 3.63) is 107 Å². The molecule has 0 bridgehead atoms. The molecule has 1 N–H and O–H groups in total. The third-order valence-corrected chi connectivity index (χ3v) is 4.38. The number of carbonyl (C=O) groups is 2. The summed E-state index contributed by atoms with van der Waals surface area (Å²) in [4.78, 5) is 24.8. The molecule has 29 heavy (non-hydrogen) atoms. The van der Waals surface area contributed by atoms with Crippen LogP contribution in [0.2, 0.25) is 0 Å². The summed E-state index contributed by atoms with van der Waals surface area (Å²) >= 11 is 0. The Morgan fingerprint density at radius 3 is 2.07 bits per heavy atom. The molecule has 0 fully saturated rings. The van der Waals surface area contributed by atoms with E-state index in [9.17, 15) is 9.59 Å². The van der Waals surface area contributed by atoms with Crippen LogP contribution < -0.4 is 5.32 Å². The highest BCUT2D eigenvalue weighted by Crippen LogP contribution is 2.21. The molecule has 3 rings (SSSR count). The predicted octanol–water partition coefficient (Wildman–Crippen LogP) is 3.90. The number of benzene rings is 3. The molecule has 0 aliphatic carbocycles. The lowest BCUT2D eigenvalue weighted by atomic mass is 9.99. The summed E-state index contributed by atoms with van der Waals surface area (Å²) < 4.78 is 10.3. The van der Waals surface area contributed by atoms with Crippen molar-refractivity contribution in [3.8, 4) is 0 Å². The second kappa shape index (κ2) is 10.2. The standard InChI is InChI=1S/C24H23NO4/c1-28-16-18-9-8-14-21(15-18)24(27)29-17-22(26)25-23(19-10-4-2-5-11-19)20-12-6-3-7-13-20/h2-15,23H,16-17H2,1H3,(H,25,26). The average Bonchev–Trinajstić information content (AvgIpc) is 2.77. The Kier molecular flexibility index (Phi) is 7.14. The fraction of sp³-hybridized carbons (Fsp3) is 0.167. The number of ether oxygens (including phenoxy) is 2. The van der Waals surface area contributed by atoms with Crippen LogP contribution in [0.25, 0.3) is 0 Å². The summed E-state index contributed by atoms with van der Waals surface area (Å²) in [6.45, 7) is 0.0426. The van der Waals surface area contributed by atoms with Crippen LogP contribution in [0.4, 0.5) is 0 Å². The van der Waals surface area contributed by atoms with Crippen molar-refractivity contribution in [1.29, 1.82) is 0 Å². The van der Waals surface area contributed by atoms with Crippen LogP contribution >= 0.6 is 0 Å². The van der Waals surface area contributed by atoms with Gasteiger partial charge in [-0.25, -0.2) is 4.79 Å². The number of carbonyl (C=O) groups excluding carboxylic acids is 2. The second-order valence-electron chi connectivity index (χ2n) is 6.53. The monoisotopic (exact) mass is 389 g/mol. The minimum atomic E-state index is -0.547. The maximum atomic E-state index is 12.5. The highest BCUT2D eigenvalue weighted by Gasteiger charge is 2.18. The van der Waals surface area contributed by atoms with Crippen LogP contribution in [0.3, 0.4) is 0 Å². The van der Waals surface area contributed by atoms with E-state index in [-0.39, 0.29) is 18.6 Å². The lowest BCUT2D eigenvalue weighted by Gasteiger charge is -2.20. The highest BCUT2D eigenvalue weighted by molar-refractivity contribution is 5.91. The third kappa shape index (κ3) is 5.77. The normalized spacial score (nSPS) is 10.6. The Morgan fingerprint density at radius 2 is 1.48 bits per heavy atom. The molecule has 0 spiro atoms. The smallest absolute Gasteiger partial charge is 0.338 e. The van der Waals surface area contributed by atoms with Crippen molar-refractivity contribution in [2.75, 3.05) is 13.7 Å². The van der Waals surface area contributed by atoms with E-state index in [2.05, 4.69) is 5.32 Å². The number of esters is 1. The summed E-state index contributed by atoms with van der Waals surface area (Å²) in [6, 6.07) is 26.0. The van der Waals surface area contributed by atoms with E-state index < -0.39 is 5.97 Å². The fourth-order valence-corrected chi connectivity index (χ4v) is 3.02. The number of methoxy groups -OCH3 is 1. The molecule has 148 valence electrons. The molecule has 5 heteroatoms. The van der Waals surface area contributed by atoms with E-state index in [1.54, 1.807) is 25.3 Å². The maximum absolute atomic E-state index is 12.5. The average molecular weight is 389 g/mol. The molecule has 5 nitrogen and oxygen atoms in total. The molecule has 0 heterocycles. The number of hydrogen-bond acceptors (Lipinski definition) is 4. The molecule has 0 atom stereocenters. The summed E-state index contributed by atoms with van der Waals surface area (Å²) in [5.74, 6) is -0.918. The number of nitrogens with one attached hydrogen (secondary N) is 1. The third-order valence-electron chi connectivity index (χ3n) is 4.38. The van der Waals surface area contributed by atoms with E-state index in [0.29, 0.717) is 12.2 Å². The Hall–Kier alpha value is -3.44. The molecule has 0 radical (unpaired) electrons. The first-order chi connectivity index (χ1) is 14.2. The van der Waals surface area contributed by atoms with E-state index >= 15 is 0 Å². The van der Waals surface area contributed by atoms with Crippen LogP contribution in [0.1, 0.15) is 33.1 Å². The van der Waals surface area contributed by atoms with Gasteiger partial charge in [0, 0.05) is 7.11 Å². The summed E-state index contributed by atoms with van der Waals surface area (Å²) in [5.41, 5.74) is 3.14. The van der Waals surface area contributed by atoms with Crippen LogP contribution in [0.15, 0.2) is 84.9 Å². The minimum absolute atomic E-state index is 0.325. The van der Waals surface area contributed by atoms with E-state index in [1.807, 2.05) is 66.7 Å². The van der Waals surface area contributed by atoms with Gasteiger partial charge in [0.2, 0.25) is 0 Å². The summed E-state index contributed by atoms with van der Waals surface area (Å²) in [7, 11) is 1.59. The number of hydrogen-bond donors (Lipinski definition) is 1. The quantitative estimate of drug-likeness (QED) is 0.594. The fourth-order valence-electron chi connectivity index (χ4n) is 3.02. The first-order valence-electron chi connectivity index (χ1n) is 9.31. The SMILES string of the molecule is COCc1cccc(C(=O)OCC(=O)NC(c2ccccc2)c2ccccc2)c1. The molecule has 0 aliphatic rings. The number of amides is 1. The van der Waals surface area contributed by atoms with Gasteiger partial charge in [-0.15, -0.1) is 0 Å². The summed E-state index contributed by atoms with van der Waals surface area (Å²) in [5, 5.41) is 2.95. The van der Waals surface area contributed by atoms with Gasteiger partial charge in [0.15, 0.2) is 6.61 Å². The first kappa shape index (κ1) is 20.3. The van der Waals surface area contributed by atoms with E-state index in [4.69, 9.17) is 9.47 Å². The van der Waals surface area contributed by atoms with Crippen molar-refractivity contribution in [1.82, 2.24) is 5.32 Å². The van der Waals surface area contributed by atoms with Crippen LogP contribution in [-0.2, 0) is 20.9 Å². The van der Waals surface area contributed by atoms with E-state index in [0.717, 1.165) is 16.7 Å². The predicted molar refractivity (Wildman–Crippen MR) is 110 cm³/mol. The molecule has 3 aromatic rings. The van der Waals surface area contributed by atoms with Gasteiger partial charge in [-0.2, -0.15) is 0 Å². The zero-order valence-corrected chi connectivity index (χ0v) is 16.2. The second-order valence-corrected chi connectivity index (χ2v) is 6.53. The Labute approximate surface area is 170 Å². The largest absolute Gasteiger partial charge is 0.452 e. The van der Waals surface area contributed by atoms with Crippen LogP contribution in [-0.4, -0.2) is 25.6 Å². The van der Waals surface area contributed by atoms with Crippen molar-refractivity contribution in [3.63, 3.8) is 0 Å². The van der Waals surface area contributed by atoms with Gasteiger partial charge in [0.05, 0.1) is 18.2 Å². The molecule has 0 aromatic heterocycles. The van der Waals surface area contributed by atoms with Gasteiger partial charge in [0.25, 0.3) is 5.91 Å². The Morgan fingerprint density at radius 1 is 0.862 bits per heavy atom. The number of rotatable bonds is 8. The molecule has 0 unspecified atom stereocenters. The lowest BCUT2D eigenvalue weighted by molar-refractivity contribution is -0.124. The van der Waals surface area contributed by atoms with Crippen LogP contribution in [0, 0.1) is 0 Å².